The lowest BCUT2D eigenvalue weighted by Crippen LogP contribution is -2.39. The van der Waals surface area contributed by atoms with Crippen LogP contribution < -0.4 is 10.5 Å². The third-order valence-corrected chi connectivity index (χ3v) is 8.28. The van der Waals surface area contributed by atoms with Crippen LogP contribution in [-0.4, -0.2) is 67.1 Å². The van der Waals surface area contributed by atoms with Crippen LogP contribution in [0.3, 0.4) is 0 Å². The third kappa shape index (κ3) is 7.64. The third-order valence-electron chi connectivity index (χ3n) is 6.46. The molecule has 4 rings (SSSR count). The average molecular weight is 621 g/mol. The number of nitrogens with zero attached hydrogens (tertiary/aromatic N) is 4. The smallest absolute Gasteiger partial charge is 0.333 e. The van der Waals surface area contributed by atoms with Gasteiger partial charge in [-0.05, 0) is 44.0 Å². The summed E-state index contributed by atoms with van der Waals surface area (Å²) in [7, 11) is -7.76. The minimum atomic E-state index is -4.16. The molecule has 0 aliphatic carbocycles. The van der Waals surface area contributed by atoms with Gasteiger partial charge in [-0.15, -0.1) is 0 Å². The maximum Gasteiger partial charge on any atom is 0.333 e. The summed E-state index contributed by atoms with van der Waals surface area (Å²) in [5.41, 5.74) is 0.883. The number of hydrogen-bond acceptors (Lipinski definition) is 12. The summed E-state index contributed by atoms with van der Waals surface area (Å²) >= 11 is 0. The number of ether oxygens (including phenoxy) is 2. The van der Waals surface area contributed by atoms with E-state index in [1.807, 2.05) is 6.92 Å². The molecule has 0 unspecified atom stereocenters. The van der Waals surface area contributed by atoms with E-state index in [-0.39, 0.29) is 35.1 Å². The number of benzene rings is 1. The largest absolute Gasteiger partial charge is 0.342 e. The zero-order chi connectivity index (χ0) is 30.7. The van der Waals surface area contributed by atoms with E-state index >= 15 is 0 Å². The second-order valence-corrected chi connectivity index (χ2v) is 13.1. The minimum absolute atomic E-state index is 0.108. The summed E-state index contributed by atoms with van der Waals surface area (Å²) in [4.78, 5) is 21.8. The number of aromatic nitrogens is 4. The number of hydrogen-bond donors (Lipinski definition) is 2. The van der Waals surface area contributed by atoms with Crippen LogP contribution in [-0.2, 0) is 40.3 Å². The summed E-state index contributed by atoms with van der Waals surface area (Å²) in [5, 5.41) is 13.4. The Morgan fingerprint density at radius 2 is 2.02 bits per heavy atom. The zero-order valence-corrected chi connectivity index (χ0v) is 24.8. The lowest BCUT2D eigenvalue weighted by Gasteiger charge is -2.26. The molecule has 1 aliphatic heterocycles. The van der Waals surface area contributed by atoms with Crippen molar-refractivity contribution in [3.63, 3.8) is 0 Å². The number of anilines is 1. The molecule has 1 aromatic carbocycles. The van der Waals surface area contributed by atoms with Gasteiger partial charge in [-0.3, -0.25) is 13.7 Å². The van der Waals surface area contributed by atoms with E-state index in [1.54, 1.807) is 32.2 Å². The van der Waals surface area contributed by atoms with Crippen molar-refractivity contribution in [2.45, 2.75) is 56.8 Å². The molecule has 1 aliphatic rings. The molecule has 3 N–H and O–H groups in total. The van der Waals surface area contributed by atoms with Gasteiger partial charge in [-0.1, -0.05) is 25.6 Å². The summed E-state index contributed by atoms with van der Waals surface area (Å²) < 4.78 is 65.4. The van der Waals surface area contributed by atoms with Gasteiger partial charge in [0.2, 0.25) is 5.78 Å². The molecule has 2 aromatic heterocycles. The Balaban J connectivity index is 1.54. The van der Waals surface area contributed by atoms with E-state index < -0.39 is 50.0 Å². The molecule has 226 valence electrons. The predicted molar refractivity (Wildman–Crippen MR) is 151 cm³/mol. The van der Waals surface area contributed by atoms with Gasteiger partial charge < -0.3 is 14.8 Å². The molecule has 1 fully saturated rings. The van der Waals surface area contributed by atoms with Crippen LogP contribution in [0.15, 0.2) is 65.9 Å². The Morgan fingerprint density at radius 1 is 1.26 bits per heavy atom. The molecule has 0 bridgehead atoms. The normalized spacial score (nSPS) is 19.3. The first kappa shape index (κ1) is 31.4. The lowest BCUT2D eigenvalue weighted by atomic mass is 9.99. The van der Waals surface area contributed by atoms with Crippen LogP contribution in [0.5, 0.6) is 0 Å². The number of ketones is 1. The van der Waals surface area contributed by atoms with Gasteiger partial charge in [0, 0.05) is 23.7 Å². The highest BCUT2D eigenvalue weighted by atomic mass is 32.2. The number of carbonyl (C=O) groups is 1. The van der Waals surface area contributed by atoms with E-state index in [1.165, 1.54) is 35.4 Å². The van der Waals surface area contributed by atoms with E-state index in [9.17, 15) is 21.6 Å². The zero-order valence-electron chi connectivity index (χ0n) is 23.2. The first-order valence-electron chi connectivity index (χ1n) is 12.9. The van der Waals surface area contributed by atoms with Gasteiger partial charge >= 0.3 is 10.3 Å². The average Bonchev–Trinajstić information content (AvgIpc) is 3.52. The predicted octanol–water partition coefficient (Wildman–Crippen LogP) is 2.01. The highest BCUT2D eigenvalue weighted by Crippen LogP contribution is 2.34. The van der Waals surface area contributed by atoms with E-state index in [0.717, 1.165) is 5.41 Å². The lowest BCUT2D eigenvalue weighted by molar-refractivity contribution is -0.150. The van der Waals surface area contributed by atoms with E-state index in [2.05, 4.69) is 27.0 Å². The van der Waals surface area contributed by atoms with Crippen LogP contribution in [0.2, 0.25) is 0 Å². The molecule has 0 saturated carbocycles. The van der Waals surface area contributed by atoms with Gasteiger partial charge in [0.15, 0.2) is 21.9 Å². The van der Waals surface area contributed by atoms with E-state index in [0.29, 0.717) is 12.0 Å². The molecule has 0 radical (unpaired) electrons. The fourth-order valence-corrected chi connectivity index (χ4v) is 5.57. The first-order chi connectivity index (χ1) is 19.7. The van der Waals surface area contributed by atoms with E-state index in [4.69, 9.17) is 18.8 Å². The summed E-state index contributed by atoms with van der Waals surface area (Å²) in [6, 6.07) is 7.89. The van der Waals surface area contributed by atoms with Crippen LogP contribution >= 0.6 is 0 Å². The fourth-order valence-electron chi connectivity index (χ4n) is 4.43. The van der Waals surface area contributed by atoms with Crippen LogP contribution in [0.4, 0.5) is 5.82 Å². The number of sulfone groups is 1. The van der Waals surface area contributed by atoms with Crippen molar-refractivity contribution in [2.24, 2.45) is 11.1 Å². The minimum Gasteiger partial charge on any atom is -0.342 e. The number of nitrogens with two attached hydrogens (primary N) is 1. The van der Waals surface area contributed by atoms with Crippen molar-refractivity contribution in [3.8, 4) is 0 Å². The van der Waals surface area contributed by atoms with Gasteiger partial charge in [0.25, 0.3) is 0 Å². The number of carbonyl (C=O) groups excluding carboxylic acids is 1. The van der Waals surface area contributed by atoms with Gasteiger partial charge in [-0.2, -0.15) is 13.5 Å². The molecule has 0 amide bonds. The Hall–Kier alpha value is -3.54. The second-order valence-electron chi connectivity index (χ2n) is 9.98. The highest BCUT2D eigenvalue weighted by molar-refractivity contribution is 7.94. The van der Waals surface area contributed by atoms with Gasteiger partial charge in [0.1, 0.15) is 23.9 Å². The number of nitrogens with one attached hydrogen (secondary N) is 1. The van der Waals surface area contributed by atoms with Crippen LogP contribution in [0.1, 0.15) is 48.8 Å². The highest BCUT2D eigenvalue weighted by Gasteiger charge is 2.45. The van der Waals surface area contributed by atoms with Crippen molar-refractivity contribution in [1.29, 1.82) is 0 Å². The van der Waals surface area contributed by atoms with Crippen molar-refractivity contribution in [2.75, 3.05) is 11.9 Å². The van der Waals surface area contributed by atoms with Crippen molar-refractivity contribution >= 4 is 31.7 Å². The number of rotatable bonds is 13. The molecule has 3 aromatic rings. The topological polar surface area (TPSA) is 195 Å². The van der Waals surface area contributed by atoms with Gasteiger partial charge in [0.05, 0.1) is 23.6 Å². The Bertz CT molecular complexity index is 1670. The summed E-state index contributed by atoms with van der Waals surface area (Å²) in [6.07, 6.45) is 3.18. The molecule has 0 spiro atoms. The van der Waals surface area contributed by atoms with Crippen LogP contribution in [0, 0.1) is 5.92 Å². The first-order valence-corrected chi connectivity index (χ1v) is 15.9. The van der Waals surface area contributed by atoms with Crippen molar-refractivity contribution in [1.82, 2.24) is 19.7 Å². The summed E-state index contributed by atoms with van der Waals surface area (Å²) in [6.45, 7) is 8.59. The molecule has 1 saturated heterocycles. The molecule has 3 atom stereocenters. The molecule has 42 heavy (non-hydrogen) atoms. The summed E-state index contributed by atoms with van der Waals surface area (Å²) in [5.74, 6) is -1.78. The van der Waals surface area contributed by atoms with Crippen molar-refractivity contribution in [3.05, 3.63) is 77.9 Å². The Kier molecular flexibility index (Phi) is 9.24. The molecule has 14 nitrogen and oxygen atoms in total. The van der Waals surface area contributed by atoms with Crippen LogP contribution in [0.25, 0.3) is 0 Å². The second kappa shape index (κ2) is 12.4. The maximum atomic E-state index is 13.5. The Labute approximate surface area is 244 Å². The molecule has 3 heterocycles. The monoisotopic (exact) mass is 620 g/mol. The standard InChI is InChI=1S/C26H32N6O8S2/c1-5-18(15-38-42(27,36)37)23-25(40-26(3,4)39-23)30-24-20(13-28-16-29-24)22(33)21-10-11-32(31-21)14-17-8-7-9-19(12-17)41(34,35)6-2/h6-13,16,18,23,25H,2,5,14-15H2,1,3-4H3,(H2,27,36,37)(H,28,29,30)/t18-,23-,25-/m1/s1. The molecular formula is C26H32N6O8S2. The van der Waals surface area contributed by atoms with Crippen molar-refractivity contribution < 1.29 is 35.3 Å². The quantitative estimate of drug-likeness (QED) is 0.264. The molecule has 16 heteroatoms. The Morgan fingerprint density at radius 3 is 2.71 bits per heavy atom. The molecular weight excluding hydrogens is 588 g/mol. The van der Waals surface area contributed by atoms with Gasteiger partial charge in [-0.25, -0.2) is 23.5 Å². The SMILES string of the molecule is C=CS(=O)(=O)c1cccc(Cn2ccc(C(=O)c3cncnc3N[C@@H]3OC(C)(C)O[C@@H]3[C@H](CC)COS(N)(=O)=O)n2)c1. The fraction of sp³-hybridized carbons (Fsp3) is 0.385. The maximum absolute atomic E-state index is 13.5.